The topological polar surface area (TPSA) is 20.2 Å². The molecule has 1 N–H and O–H groups in total. The van der Waals surface area contributed by atoms with Crippen LogP contribution >= 0.6 is 0 Å². The van der Waals surface area contributed by atoms with Crippen molar-refractivity contribution in [3.05, 3.63) is 36.0 Å². The number of allylic oxidation sites excluding steroid dienone is 2. The lowest BCUT2D eigenvalue weighted by atomic mass is 9.79. The zero-order valence-electron chi connectivity index (χ0n) is 8.58. The van der Waals surface area contributed by atoms with Crippen LogP contribution in [0.2, 0.25) is 0 Å². The molecular weight excluding hydrogens is 172 g/mol. The van der Waals surface area contributed by atoms with Gasteiger partial charge in [-0.05, 0) is 29.9 Å². The van der Waals surface area contributed by atoms with Gasteiger partial charge in [-0.1, -0.05) is 44.1 Å². The van der Waals surface area contributed by atoms with Gasteiger partial charge in [0.1, 0.15) is 6.10 Å². The normalized spacial score (nSPS) is 29.1. The van der Waals surface area contributed by atoms with Gasteiger partial charge in [-0.25, -0.2) is 0 Å². The highest BCUT2D eigenvalue weighted by atomic mass is 16.3. The van der Waals surface area contributed by atoms with Crippen molar-refractivity contribution in [1.29, 1.82) is 0 Å². The molecular formula is C13H18O. The molecule has 0 heterocycles. The van der Waals surface area contributed by atoms with Crippen molar-refractivity contribution >= 4 is 0 Å². The fourth-order valence-corrected chi connectivity index (χ4v) is 2.47. The van der Waals surface area contributed by atoms with E-state index in [1.165, 1.54) is 37.7 Å². The summed E-state index contributed by atoms with van der Waals surface area (Å²) in [4.78, 5) is 0. The van der Waals surface area contributed by atoms with Gasteiger partial charge in [0.05, 0.1) is 0 Å². The average molecular weight is 190 g/mol. The van der Waals surface area contributed by atoms with Gasteiger partial charge in [0, 0.05) is 0 Å². The Morgan fingerprint density at radius 1 is 1.21 bits per heavy atom. The van der Waals surface area contributed by atoms with Crippen LogP contribution < -0.4 is 0 Å². The molecule has 1 saturated carbocycles. The summed E-state index contributed by atoms with van der Waals surface area (Å²) in [5.41, 5.74) is 2.03. The van der Waals surface area contributed by atoms with Crippen LogP contribution in [0.25, 0.3) is 0 Å². The number of rotatable bonds is 1. The summed E-state index contributed by atoms with van der Waals surface area (Å²) < 4.78 is 0. The Balaban J connectivity index is 2.12. The number of hydrogen-bond acceptors (Lipinski definition) is 1. The van der Waals surface area contributed by atoms with Crippen LogP contribution in [0, 0.1) is 5.92 Å². The maximum absolute atomic E-state index is 9.97. The second-order valence-corrected chi connectivity index (χ2v) is 4.34. The van der Waals surface area contributed by atoms with Gasteiger partial charge < -0.3 is 5.11 Å². The molecule has 2 aliphatic rings. The molecule has 0 aliphatic heterocycles. The molecule has 1 heteroatoms. The highest BCUT2D eigenvalue weighted by Crippen LogP contribution is 2.34. The first-order chi connectivity index (χ1) is 6.79. The zero-order chi connectivity index (χ0) is 9.97. The van der Waals surface area contributed by atoms with E-state index >= 15 is 0 Å². The molecule has 2 aliphatic carbocycles. The van der Waals surface area contributed by atoms with Crippen molar-refractivity contribution in [2.24, 2.45) is 5.92 Å². The largest absolute Gasteiger partial charge is 0.384 e. The van der Waals surface area contributed by atoms with E-state index in [4.69, 9.17) is 0 Å². The quantitative estimate of drug-likeness (QED) is 0.674. The molecule has 0 spiro atoms. The van der Waals surface area contributed by atoms with Gasteiger partial charge in [-0.3, -0.25) is 0 Å². The number of aliphatic hydroxyl groups excluding tert-OH is 1. The van der Waals surface area contributed by atoms with Crippen molar-refractivity contribution in [3.63, 3.8) is 0 Å². The summed E-state index contributed by atoms with van der Waals surface area (Å²) in [6.45, 7) is 3.86. The molecule has 0 aromatic rings. The molecule has 76 valence electrons. The lowest BCUT2D eigenvalue weighted by Gasteiger charge is -2.29. The minimum atomic E-state index is -0.414. The Morgan fingerprint density at radius 3 is 2.64 bits per heavy atom. The number of aliphatic hydroxyl groups is 1. The van der Waals surface area contributed by atoms with Gasteiger partial charge in [0.2, 0.25) is 0 Å². The standard InChI is InChI=1S/C13H18O/c1-10-6-5-9-12(13(10)14)11-7-3-2-4-8-11/h5-6,9,11,13-14H,1-4,7-8H2. The fraction of sp³-hybridized carbons (Fsp3) is 0.538. The summed E-state index contributed by atoms with van der Waals surface area (Å²) in [6, 6.07) is 0. The first-order valence-corrected chi connectivity index (χ1v) is 5.54. The van der Waals surface area contributed by atoms with Crippen molar-refractivity contribution in [2.75, 3.05) is 0 Å². The molecule has 1 atom stereocenters. The summed E-state index contributed by atoms with van der Waals surface area (Å²) in [5, 5.41) is 9.97. The van der Waals surface area contributed by atoms with Crippen LogP contribution in [0.1, 0.15) is 32.1 Å². The second kappa shape index (κ2) is 4.14. The molecule has 0 aromatic heterocycles. The fourth-order valence-electron chi connectivity index (χ4n) is 2.47. The van der Waals surface area contributed by atoms with Crippen LogP contribution in [-0.4, -0.2) is 11.2 Å². The Hall–Kier alpha value is -0.820. The Bertz CT molecular complexity index is 280. The smallest absolute Gasteiger partial charge is 0.100 e. The Labute approximate surface area is 85.8 Å². The van der Waals surface area contributed by atoms with E-state index in [1.54, 1.807) is 0 Å². The van der Waals surface area contributed by atoms with Crippen molar-refractivity contribution in [1.82, 2.24) is 0 Å². The van der Waals surface area contributed by atoms with E-state index in [9.17, 15) is 5.11 Å². The average Bonchev–Trinajstić information content (AvgIpc) is 2.23. The monoisotopic (exact) mass is 190 g/mol. The van der Waals surface area contributed by atoms with Crippen molar-refractivity contribution in [2.45, 2.75) is 38.2 Å². The molecule has 0 bridgehead atoms. The van der Waals surface area contributed by atoms with Crippen LogP contribution in [0.15, 0.2) is 36.0 Å². The first kappa shape index (κ1) is 9.72. The van der Waals surface area contributed by atoms with E-state index in [0.29, 0.717) is 5.92 Å². The molecule has 1 nitrogen and oxygen atoms in total. The van der Waals surface area contributed by atoms with Gasteiger partial charge in [0.15, 0.2) is 0 Å². The maximum Gasteiger partial charge on any atom is 0.100 e. The van der Waals surface area contributed by atoms with Crippen LogP contribution in [-0.2, 0) is 0 Å². The molecule has 0 saturated heterocycles. The lowest BCUT2D eigenvalue weighted by Crippen LogP contribution is -2.22. The molecule has 0 radical (unpaired) electrons. The highest BCUT2D eigenvalue weighted by molar-refractivity contribution is 5.39. The third-order valence-corrected chi connectivity index (χ3v) is 3.34. The van der Waals surface area contributed by atoms with Gasteiger partial charge in [-0.2, -0.15) is 0 Å². The van der Waals surface area contributed by atoms with E-state index < -0.39 is 6.10 Å². The highest BCUT2D eigenvalue weighted by Gasteiger charge is 2.24. The van der Waals surface area contributed by atoms with Crippen molar-refractivity contribution < 1.29 is 5.11 Å². The van der Waals surface area contributed by atoms with Crippen molar-refractivity contribution in [3.8, 4) is 0 Å². The second-order valence-electron chi connectivity index (χ2n) is 4.34. The minimum Gasteiger partial charge on any atom is -0.384 e. The molecule has 0 aromatic carbocycles. The maximum atomic E-state index is 9.97. The Morgan fingerprint density at radius 2 is 1.93 bits per heavy atom. The van der Waals surface area contributed by atoms with Gasteiger partial charge in [-0.15, -0.1) is 0 Å². The van der Waals surface area contributed by atoms with E-state index in [0.717, 1.165) is 5.57 Å². The minimum absolute atomic E-state index is 0.414. The van der Waals surface area contributed by atoms with E-state index in [1.807, 2.05) is 12.2 Å². The predicted molar refractivity (Wildman–Crippen MR) is 58.9 cm³/mol. The van der Waals surface area contributed by atoms with E-state index in [2.05, 4.69) is 12.7 Å². The van der Waals surface area contributed by atoms with Crippen LogP contribution in [0.5, 0.6) is 0 Å². The summed E-state index contributed by atoms with van der Waals surface area (Å²) >= 11 is 0. The molecule has 2 rings (SSSR count). The van der Waals surface area contributed by atoms with Gasteiger partial charge in [0.25, 0.3) is 0 Å². The zero-order valence-corrected chi connectivity index (χ0v) is 8.58. The number of hydrogen-bond donors (Lipinski definition) is 1. The SMILES string of the molecule is C=C1C=CC=C(C2CCCCC2)C1O. The summed E-state index contributed by atoms with van der Waals surface area (Å²) in [6.07, 6.45) is 12.0. The molecule has 1 fully saturated rings. The van der Waals surface area contributed by atoms with Gasteiger partial charge >= 0.3 is 0 Å². The molecule has 14 heavy (non-hydrogen) atoms. The molecule has 1 unspecified atom stereocenters. The lowest BCUT2D eigenvalue weighted by molar-refractivity contribution is 0.223. The van der Waals surface area contributed by atoms with Crippen LogP contribution in [0.3, 0.4) is 0 Å². The molecule has 0 amide bonds. The summed E-state index contributed by atoms with van der Waals surface area (Å²) in [7, 11) is 0. The third-order valence-electron chi connectivity index (χ3n) is 3.34. The predicted octanol–water partition coefficient (Wildman–Crippen LogP) is 2.98. The third kappa shape index (κ3) is 1.83. The van der Waals surface area contributed by atoms with Crippen LogP contribution in [0.4, 0.5) is 0 Å². The summed E-state index contributed by atoms with van der Waals surface area (Å²) in [5.74, 6) is 0.598. The Kier molecular flexibility index (Phi) is 2.87. The van der Waals surface area contributed by atoms with E-state index in [-0.39, 0.29) is 0 Å². The first-order valence-electron chi connectivity index (χ1n) is 5.54.